The number of rotatable bonds is 3. The third kappa shape index (κ3) is 1.95. The molecule has 76 valence electrons. The SMILES string of the molecule is C#CCCCn1sc2ccccc2c1=O. The topological polar surface area (TPSA) is 22.0 Å². The maximum atomic E-state index is 11.8. The number of aromatic nitrogens is 1. The molecule has 1 aromatic carbocycles. The molecule has 1 heterocycles. The number of fused-ring (bicyclic) bond motifs is 1. The first-order valence-corrected chi connectivity index (χ1v) is 5.62. The zero-order valence-electron chi connectivity index (χ0n) is 8.27. The van der Waals surface area contributed by atoms with Gasteiger partial charge in [0.05, 0.1) is 10.1 Å². The van der Waals surface area contributed by atoms with Crippen molar-refractivity contribution in [2.24, 2.45) is 0 Å². The first kappa shape index (κ1) is 10.0. The number of nitrogens with zero attached hydrogens (tertiary/aromatic N) is 1. The molecule has 0 saturated carbocycles. The standard InChI is InChI=1S/C12H11NOS/c1-2-3-6-9-13-12(14)10-7-4-5-8-11(10)15-13/h1,4-5,7-8H,3,6,9H2. The Morgan fingerprint density at radius 3 is 2.93 bits per heavy atom. The van der Waals surface area contributed by atoms with Gasteiger partial charge >= 0.3 is 0 Å². The minimum absolute atomic E-state index is 0.104. The quantitative estimate of drug-likeness (QED) is 0.572. The number of unbranched alkanes of at least 4 members (excludes halogenated alkanes) is 1. The summed E-state index contributed by atoms with van der Waals surface area (Å²) in [5.74, 6) is 2.58. The van der Waals surface area contributed by atoms with Gasteiger partial charge in [-0.2, -0.15) is 0 Å². The van der Waals surface area contributed by atoms with Gasteiger partial charge in [0.15, 0.2) is 0 Å². The van der Waals surface area contributed by atoms with Crippen LogP contribution in [0.15, 0.2) is 29.1 Å². The molecule has 0 atom stereocenters. The van der Waals surface area contributed by atoms with E-state index in [2.05, 4.69) is 5.92 Å². The Labute approximate surface area is 92.3 Å². The van der Waals surface area contributed by atoms with E-state index in [0.717, 1.165) is 29.5 Å². The molecule has 0 aliphatic rings. The highest BCUT2D eigenvalue weighted by atomic mass is 32.1. The summed E-state index contributed by atoms with van der Waals surface area (Å²) in [6.45, 7) is 0.725. The molecule has 0 bridgehead atoms. The summed E-state index contributed by atoms with van der Waals surface area (Å²) in [5, 5.41) is 0.809. The van der Waals surface area contributed by atoms with Crippen molar-refractivity contribution < 1.29 is 0 Å². The fourth-order valence-electron chi connectivity index (χ4n) is 1.49. The van der Waals surface area contributed by atoms with Gasteiger partial charge in [0.1, 0.15) is 0 Å². The van der Waals surface area contributed by atoms with Crippen LogP contribution in [0.4, 0.5) is 0 Å². The molecule has 0 saturated heterocycles. The molecular weight excluding hydrogens is 206 g/mol. The summed E-state index contributed by atoms with van der Waals surface area (Å²) >= 11 is 1.51. The maximum Gasteiger partial charge on any atom is 0.268 e. The minimum atomic E-state index is 0.104. The second kappa shape index (κ2) is 4.33. The number of aryl methyl sites for hydroxylation is 1. The largest absolute Gasteiger partial charge is 0.268 e. The Hall–Kier alpha value is -1.53. The lowest BCUT2D eigenvalue weighted by molar-refractivity contribution is 0.688. The van der Waals surface area contributed by atoms with E-state index in [1.54, 1.807) is 3.96 Å². The Morgan fingerprint density at radius 2 is 2.20 bits per heavy atom. The molecule has 0 radical (unpaired) electrons. The van der Waals surface area contributed by atoms with Gasteiger partial charge in [-0.1, -0.05) is 23.7 Å². The van der Waals surface area contributed by atoms with Gasteiger partial charge in [-0.25, -0.2) is 0 Å². The predicted octanol–water partition coefficient (Wildman–Crippen LogP) is 2.48. The normalized spacial score (nSPS) is 10.3. The van der Waals surface area contributed by atoms with Crippen molar-refractivity contribution in [2.75, 3.05) is 0 Å². The third-order valence-corrected chi connectivity index (χ3v) is 3.36. The summed E-state index contributed by atoms with van der Waals surface area (Å²) < 4.78 is 2.82. The van der Waals surface area contributed by atoms with E-state index in [9.17, 15) is 4.79 Å². The first-order valence-electron chi connectivity index (χ1n) is 4.85. The summed E-state index contributed by atoms with van der Waals surface area (Å²) in [6, 6.07) is 7.68. The van der Waals surface area contributed by atoms with Gasteiger partial charge in [-0.3, -0.25) is 8.75 Å². The zero-order chi connectivity index (χ0) is 10.7. The van der Waals surface area contributed by atoms with Crippen LogP contribution in [0.2, 0.25) is 0 Å². The Kier molecular flexibility index (Phi) is 2.89. The Balaban J connectivity index is 2.33. The third-order valence-electron chi connectivity index (χ3n) is 2.23. The van der Waals surface area contributed by atoms with Crippen molar-refractivity contribution in [1.29, 1.82) is 0 Å². The van der Waals surface area contributed by atoms with Gasteiger partial charge in [-0.05, 0) is 18.6 Å². The van der Waals surface area contributed by atoms with Crippen LogP contribution < -0.4 is 5.56 Å². The molecular formula is C12H11NOS. The number of benzene rings is 1. The van der Waals surface area contributed by atoms with Crippen LogP contribution in [0.5, 0.6) is 0 Å². The highest BCUT2D eigenvalue weighted by Gasteiger charge is 2.05. The smallest absolute Gasteiger partial charge is 0.268 e. The van der Waals surface area contributed by atoms with Crippen molar-refractivity contribution in [2.45, 2.75) is 19.4 Å². The predicted molar refractivity (Wildman–Crippen MR) is 64.2 cm³/mol. The molecule has 1 aromatic heterocycles. The molecule has 0 unspecified atom stereocenters. The number of terminal acetylenes is 1. The highest BCUT2D eigenvalue weighted by molar-refractivity contribution is 7.13. The maximum absolute atomic E-state index is 11.8. The van der Waals surface area contributed by atoms with Gasteiger partial charge in [0, 0.05) is 13.0 Å². The molecule has 0 amide bonds. The lowest BCUT2D eigenvalue weighted by atomic mass is 10.3. The molecule has 0 N–H and O–H groups in total. The van der Waals surface area contributed by atoms with Crippen molar-refractivity contribution in [3.05, 3.63) is 34.6 Å². The summed E-state index contributed by atoms with van der Waals surface area (Å²) in [6.07, 6.45) is 6.76. The van der Waals surface area contributed by atoms with E-state index in [1.165, 1.54) is 11.5 Å². The van der Waals surface area contributed by atoms with Crippen molar-refractivity contribution in [3.63, 3.8) is 0 Å². The molecule has 0 aliphatic carbocycles. The molecule has 3 heteroatoms. The molecule has 0 aliphatic heterocycles. The van der Waals surface area contributed by atoms with Crippen LogP contribution in [-0.2, 0) is 6.54 Å². The Morgan fingerprint density at radius 1 is 1.40 bits per heavy atom. The van der Waals surface area contributed by atoms with Crippen LogP contribution in [0.1, 0.15) is 12.8 Å². The number of hydrogen-bond donors (Lipinski definition) is 0. The van der Waals surface area contributed by atoms with E-state index in [-0.39, 0.29) is 5.56 Å². The molecule has 0 spiro atoms. The van der Waals surface area contributed by atoms with E-state index in [1.807, 2.05) is 24.3 Å². The molecule has 0 fully saturated rings. The average Bonchev–Trinajstić information content (AvgIpc) is 2.57. The number of hydrogen-bond acceptors (Lipinski definition) is 2. The van der Waals surface area contributed by atoms with Gasteiger partial charge < -0.3 is 0 Å². The van der Waals surface area contributed by atoms with Crippen molar-refractivity contribution >= 4 is 21.6 Å². The van der Waals surface area contributed by atoms with Crippen LogP contribution in [0.3, 0.4) is 0 Å². The minimum Gasteiger partial charge on any atom is -0.268 e. The zero-order valence-corrected chi connectivity index (χ0v) is 9.09. The van der Waals surface area contributed by atoms with Crippen molar-refractivity contribution in [1.82, 2.24) is 3.96 Å². The van der Waals surface area contributed by atoms with E-state index in [0.29, 0.717) is 0 Å². The van der Waals surface area contributed by atoms with Crippen LogP contribution >= 0.6 is 11.5 Å². The molecule has 15 heavy (non-hydrogen) atoms. The van der Waals surface area contributed by atoms with E-state index < -0.39 is 0 Å². The molecule has 2 nitrogen and oxygen atoms in total. The lowest BCUT2D eigenvalue weighted by Crippen LogP contribution is -2.12. The summed E-state index contributed by atoms with van der Waals surface area (Å²) in [4.78, 5) is 11.8. The first-order chi connectivity index (χ1) is 7.33. The van der Waals surface area contributed by atoms with Crippen molar-refractivity contribution in [3.8, 4) is 12.3 Å². The summed E-state index contributed by atoms with van der Waals surface area (Å²) in [5.41, 5.74) is 0.104. The fourth-order valence-corrected chi connectivity index (χ4v) is 2.52. The van der Waals surface area contributed by atoms with E-state index in [4.69, 9.17) is 6.42 Å². The van der Waals surface area contributed by atoms with Gasteiger partial charge in [-0.15, -0.1) is 12.3 Å². The van der Waals surface area contributed by atoms with Crippen LogP contribution in [0, 0.1) is 12.3 Å². The second-order valence-corrected chi connectivity index (χ2v) is 4.37. The monoisotopic (exact) mass is 217 g/mol. The van der Waals surface area contributed by atoms with Gasteiger partial charge in [0.2, 0.25) is 0 Å². The second-order valence-electron chi connectivity index (χ2n) is 3.30. The van der Waals surface area contributed by atoms with Gasteiger partial charge in [0.25, 0.3) is 5.56 Å². The molecule has 2 aromatic rings. The Bertz CT molecular complexity index is 559. The fraction of sp³-hybridized carbons (Fsp3) is 0.250. The van der Waals surface area contributed by atoms with E-state index >= 15 is 0 Å². The average molecular weight is 217 g/mol. The summed E-state index contributed by atoms with van der Waals surface area (Å²) in [7, 11) is 0. The van der Waals surface area contributed by atoms with Crippen LogP contribution in [0.25, 0.3) is 10.1 Å². The lowest BCUT2D eigenvalue weighted by Gasteiger charge is -1.95. The molecule has 2 rings (SSSR count). The van der Waals surface area contributed by atoms with Crippen LogP contribution in [-0.4, -0.2) is 3.96 Å². The highest BCUT2D eigenvalue weighted by Crippen LogP contribution is 2.16.